The number of rotatable bonds is 5. The van der Waals surface area contributed by atoms with Crippen LogP contribution in [0.2, 0.25) is 0 Å². The van der Waals surface area contributed by atoms with Crippen LogP contribution in [-0.4, -0.2) is 37.2 Å². The number of aromatic nitrogens is 1. The molecule has 0 radical (unpaired) electrons. The number of nitrogens with zero attached hydrogens (tertiary/aromatic N) is 2. The number of benzene rings is 1. The van der Waals surface area contributed by atoms with E-state index in [0.29, 0.717) is 6.10 Å². The first-order chi connectivity index (χ1) is 11.8. The van der Waals surface area contributed by atoms with Gasteiger partial charge in [-0.3, -0.25) is 4.99 Å². The van der Waals surface area contributed by atoms with Crippen LogP contribution in [0.3, 0.4) is 0 Å². The second kappa shape index (κ2) is 8.26. The normalized spacial score (nSPS) is 17.9. The summed E-state index contributed by atoms with van der Waals surface area (Å²) in [7, 11) is 1.79. The van der Waals surface area contributed by atoms with Crippen LogP contribution in [0.15, 0.2) is 35.3 Å². The highest BCUT2D eigenvalue weighted by Gasteiger charge is 2.16. The Morgan fingerprint density at radius 3 is 2.88 bits per heavy atom. The second-order valence-corrected chi connectivity index (χ2v) is 6.92. The van der Waals surface area contributed by atoms with Crippen LogP contribution in [-0.2, 0) is 11.3 Å². The summed E-state index contributed by atoms with van der Waals surface area (Å²) in [6, 6.07) is 10.3. The molecule has 2 heterocycles. The maximum atomic E-state index is 5.63. The molecule has 3 rings (SSSR count). The molecule has 1 unspecified atom stereocenters. The van der Waals surface area contributed by atoms with Gasteiger partial charge in [-0.1, -0.05) is 30.3 Å². The number of nitrogens with one attached hydrogen (secondary N) is 2. The van der Waals surface area contributed by atoms with Gasteiger partial charge in [-0.2, -0.15) is 0 Å². The number of ether oxygens (including phenoxy) is 1. The number of guanidine groups is 1. The van der Waals surface area contributed by atoms with E-state index in [9.17, 15) is 0 Å². The van der Waals surface area contributed by atoms with Gasteiger partial charge in [0.2, 0.25) is 0 Å². The van der Waals surface area contributed by atoms with Gasteiger partial charge in [-0.05, 0) is 19.8 Å². The first kappa shape index (κ1) is 16.9. The van der Waals surface area contributed by atoms with Gasteiger partial charge in [-0.15, -0.1) is 11.3 Å². The molecule has 1 atom stereocenters. The van der Waals surface area contributed by atoms with Crippen LogP contribution < -0.4 is 10.6 Å². The third kappa shape index (κ3) is 4.33. The summed E-state index contributed by atoms with van der Waals surface area (Å²) in [5.74, 6) is 0.805. The lowest BCUT2D eigenvalue weighted by atomic mass is 10.2. The fraction of sp³-hybridized carbons (Fsp3) is 0.444. The molecular weight excluding hydrogens is 320 g/mol. The molecule has 2 N–H and O–H groups in total. The zero-order chi connectivity index (χ0) is 16.8. The van der Waals surface area contributed by atoms with Crippen molar-refractivity contribution in [1.82, 2.24) is 15.6 Å². The molecule has 0 bridgehead atoms. The van der Waals surface area contributed by atoms with E-state index in [1.807, 2.05) is 18.2 Å². The Bertz CT molecular complexity index is 678. The topological polar surface area (TPSA) is 58.5 Å². The highest BCUT2D eigenvalue weighted by atomic mass is 32.1. The minimum Gasteiger partial charge on any atom is -0.376 e. The number of hydrogen-bond donors (Lipinski definition) is 2. The van der Waals surface area contributed by atoms with Crippen molar-refractivity contribution in [3.05, 3.63) is 40.9 Å². The van der Waals surface area contributed by atoms with Gasteiger partial charge in [0.15, 0.2) is 5.96 Å². The van der Waals surface area contributed by atoms with Crippen LogP contribution in [0.25, 0.3) is 10.6 Å². The molecule has 2 aromatic rings. The van der Waals surface area contributed by atoms with E-state index in [1.165, 1.54) is 4.88 Å². The van der Waals surface area contributed by atoms with Crippen molar-refractivity contribution in [2.75, 3.05) is 20.2 Å². The second-order valence-electron chi connectivity index (χ2n) is 5.84. The van der Waals surface area contributed by atoms with Crippen molar-refractivity contribution in [1.29, 1.82) is 0 Å². The Morgan fingerprint density at radius 2 is 2.17 bits per heavy atom. The van der Waals surface area contributed by atoms with E-state index < -0.39 is 0 Å². The molecule has 1 aromatic heterocycles. The lowest BCUT2D eigenvalue weighted by Gasteiger charge is -2.14. The quantitative estimate of drug-likeness (QED) is 0.647. The van der Waals surface area contributed by atoms with Crippen LogP contribution >= 0.6 is 11.3 Å². The summed E-state index contributed by atoms with van der Waals surface area (Å²) in [5, 5.41) is 7.77. The predicted molar refractivity (Wildman–Crippen MR) is 99.5 cm³/mol. The molecule has 1 aromatic carbocycles. The number of hydrogen-bond acceptors (Lipinski definition) is 4. The molecule has 1 aliphatic rings. The van der Waals surface area contributed by atoms with Gasteiger partial charge < -0.3 is 15.4 Å². The number of thiazole rings is 1. The Kier molecular flexibility index (Phi) is 5.82. The summed E-state index contributed by atoms with van der Waals surface area (Å²) in [6.07, 6.45) is 2.58. The van der Waals surface area contributed by atoms with Crippen molar-refractivity contribution in [3.63, 3.8) is 0 Å². The highest BCUT2D eigenvalue weighted by Crippen LogP contribution is 2.27. The van der Waals surface area contributed by atoms with E-state index in [0.717, 1.165) is 54.8 Å². The Labute approximate surface area is 147 Å². The van der Waals surface area contributed by atoms with Gasteiger partial charge in [0.1, 0.15) is 5.01 Å². The molecule has 0 aliphatic carbocycles. The molecule has 0 spiro atoms. The minimum atomic E-state index is 0.304. The number of aliphatic imine (C=N–C) groups is 1. The van der Waals surface area contributed by atoms with Crippen LogP contribution in [0, 0.1) is 6.92 Å². The number of aryl methyl sites for hydroxylation is 1. The zero-order valence-corrected chi connectivity index (χ0v) is 15.0. The average molecular weight is 344 g/mol. The van der Waals surface area contributed by atoms with E-state index in [4.69, 9.17) is 9.72 Å². The maximum absolute atomic E-state index is 5.63. The summed E-state index contributed by atoms with van der Waals surface area (Å²) in [5.41, 5.74) is 2.23. The molecular formula is C18H24N4OS. The predicted octanol–water partition coefficient (Wildman–Crippen LogP) is 2.96. The van der Waals surface area contributed by atoms with Crippen molar-refractivity contribution in [2.45, 2.75) is 32.4 Å². The van der Waals surface area contributed by atoms with Gasteiger partial charge in [0.25, 0.3) is 0 Å². The maximum Gasteiger partial charge on any atom is 0.191 e. The fourth-order valence-corrected chi connectivity index (χ4v) is 3.70. The van der Waals surface area contributed by atoms with E-state index in [1.54, 1.807) is 18.4 Å². The lowest BCUT2D eigenvalue weighted by Crippen LogP contribution is -2.40. The third-order valence-electron chi connectivity index (χ3n) is 4.07. The standard InChI is InChI=1S/C18H24N4OS/c1-13-16(24-17(22-13)14-7-4-3-5-8-14)12-21-18(19-2)20-11-15-9-6-10-23-15/h3-5,7-8,15H,6,9-12H2,1-2H3,(H2,19,20,21). The Hall–Kier alpha value is -1.92. The monoisotopic (exact) mass is 344 g/mol. The van der Waals surface area contributed by atoms with E-state index in [-0.39, 0.29) is 0 Å². The van der Waals surface area contributed by atoms with Gasteiger partial charge in [0, 0.05) is 30.6 Å². The SMILES string of the molecule is CN=C(NCc1sc(-c2ccccc2)nc1C)NCC1CCCO1. The van der Waals surface area contributed by atoms with Gasteiger partial charge in [0.05, 0.1) is 18.3 Å². The largest absolute Gasteiger partial charge is 0.376 e. The van der Waals surface area contributed by atoms with Crippen LogP contribution in [0.5, 0.6) is 0 Å². The fourth-order valence-electron chi connectivity index (χ4n) is 2.70. The van der Waals surface area contributed by atoms with Crippen LogP contribution in [0.4, 0.5) is 0 Å². The summed E-state index contributed by atoms with van der Waals surface area (Å²) < 4.78 is 5.63. The Morgan fingerprint density at radius 1 is 1.33 bits per heavy atom. The van der Waals surface area contributed by atoms with Crippen molar-refractivity contribution < 1.29 is 4.74 Å². The molecule has 128 valence electrons. The first-order valence-electron chi connectivity index (χ1n) is 8.34. The molecule has 24 heavy (non-hydrogen) atoms. The van der Waals surface area contributed by atoms with Gasteiger partial charge >= 0.3 is 0 Å². The van der Waals surface area contributed by atoms with E-state index >= 15 is 0 Å². The molecule has 1 saturated heterocycles. The molecule has 6 heteroatoms. The van der Waals surface area contributed by atoms with Gasteiger partial charge in [-0.25, -0.2) is 4.98 Å². The minimum absolute atomic E-state index is 0.304. The molecule has 5 nitrogen and oxygen atoms in total. The summed E-state index contributed by atoms with van der Waals surface area (Å²) in [4.78, 5) is 10.2. The van der Waals surface area contributed by atoms with Crippen molar-refractivity contribution >= 4 is 17.3 Å². The highest BCUT2D eigenvalue weighted by molar-refractivity contribution is 7.15. The molecule has 0 saturated carbocycles. The molecule has 1 fully saturated rings. The van der Waals surface area contributed by atoms with Crippen molar-refractivity contribution in [2.24, 2.45) is 4.99 Å². The van der Waals surface area contributed by atoms with E-state index in [2.05, 4.69) is 34.7 Å². The molecule has 0 amide bonds. The third-order valence-corrected chi connectivity index (χ3v) is 5.28. The zero-order valence-electron chi connectivity index (χ0n) is 14.2. The molecule has 1 aliphatic heterocycles. The van der Waals surface area contributed by atoms with Crippen molar-refractivity contribution in [3.8, 4) is 10.6 Å². The average Bonchev–Trinajstić information content (AvgIpc) is 3.26. The Balaban J connectivity index is 1.56. The van der Waals surface area contributed by atoms with Crippen LogP contribution in [0.1, 0.15) is 23.4 Å². The first-order valence-corrected chi connectivity index (χ1v) is 9.15. The lowest BCUT2D eigenvalue weighted by molar-refractivity contribution is 0.114. The summed E-state index contributed by atoms with van der Waals surface area (Å²) >= 11 is 1.73. The smallest absolute Gasteiger partial charge is 0.191 e. The summed E-state index contributed by atoms with van der Waals surface area (Å²) in [6.45, 7) is 4.46.